The van der Waals surface area contributed by atoms with E-state index < -0.39 is 0 Å². The van der Waals surface area contributed by atoms with Crippen LogP contribution in [-0.2, 0) is 16.0 Å². The minimum Gasteiger partial charge on any atom is -0.368 e. The molecule has 3 aromatic rings. The number of carbonyl (C=O) groups excluding carboxylic acids is 2. The normalized spacial score (nSPS) is 12.5. The average molecular weight is 529 g/mol. The molecule has 0 radical (unpaired) electrons. The fraction of sp³-hybridized carbons (Fsp3) is 0.333. The predicted molar refractivity (Wildman–Crippen MR) is 149 cm³/mol. The lowest BCUT2D eigenvalue weighted by molar-refractivity contribution is -0.131. The number of rotatable bonds is 13. The molecule has 5 N–H and O–H groups in total. The summed E-state index contributed by atoms with van der Waals surface area (Å²) in [6.07, 6.45) is 5.08. The van der Waals surface area contributed by atoms with Crippen LogP contribution in [0.15, 0.2) is 49.1 Å². The van der Waals surface area contributed by atoms with Crippen LogP contribution in [0.1, 0.15) is 36.4 Å². The van der Waals surface area contributed by atoms with Crippen molar-refractivity contribution in [3.05, 3.63) is 60.3 Å². The Morgan fingerprint density at radius 1 is 1.13 bits per heavy atom. The summed E-state index contributed by atoms with van der Waals surface area (Å²) in [7, 11) is 1.54. The Morgan fingerprint density at radius 2 is 1.90 bits per heavy atom. The number of hydrogen-bond donors (Lipinski definition) is 5. The van der Waals surface area contributed by atoms with Crippen molar-refractivity contribution >= 4 is 40.9 Å². The third-order valence-electron chi connectivity index (χ3n) is 6.30. The van der Waals surface area contributed by atoms with E-state index in [4.69, 9.17) is 5.26 Å². The Balaban J connectivity index is 1.41. The van der Waals surface area contributed by atoms with Gasteiger partial charge < -0.3 is 26.2 Å². The van der Waals surface area contributed by atoms with Crippen molar-refractivity contribution in [2.75, 3.05) is 42.6 Å². The van der Waals surface area contributed by atoms with Crippen molar-refractivity contribution in [3.63, 3.8) is 0 Å². The molecular weight excluding hydrogens is 496 g/mol. The molecule has 202 valence electrons. The molecule has 0 aliphatic heterocycles. The first-order valence-electron chi connectivity index (χ1n) is 12.8. The molecule has 0 atom stereocenters. The second kappa shape index (κ2) is 13.0. The largest absolute Gasteiger partial charge is 0.368 e. The molecule has 0 unspecified atom stereocenters. The summed E-state index contributed by atoms with van der Waals surface area (Å²) < 4.78 is 0. The van der Waals surface area contributed by atoms with E-state index in [1.54, 1.807) is 6.07 Å². The van der Waals surface area contributed by atoms with Crippen LogP contribution in [0.5, 0.6) is 0 Å². The Bertz CT molecular complexity index is 1340. The van der Waals surface area contributed by atoms with Crippen LogP contribution in [0.3, 0.4) is 0 Å². The summed E-state index contributed by atoms with van der Waals surface area (Å²) in [5, 5.41) is 28.8. The van der Waals surface area contributed by atoms with Gasteiger partial charge in [-0.1, -0.05) is 25.1 Å². The first-order valence-corrected chi connectivity index (χ1v) is 12.8. The zero-order chi connectivity index (χ0) is 27.6. The maximum atomic E-state index is 12.1. The smallest absolute Gasteiger partial charge is 0.246 e. The highest BCUT2D eigenvalue weighted by Gasteiger charge is 2.21. The summed E-state index contributed by atoms with van der Waals surface area (Å²) >= 11 is 0. The molecule has 2 amide bonds. The van der Waals surface area contributed by atoms with Crippen LogP contribution in [0.4, 0.5) is 29.1 Å². The van der Waals surface area contributed by atoms with Gasteiger partial charge in [-0.2, -0.15) is 20.3 Å². The molecule has 0 saturated heterocycles. The summed E-state index contributed by atoms with van der Waals surface area (Å²) in [6, 6.07) is 13.4. The number of amides is 2. The molecule has 1 fully saturated rings. The van der Waals surface area contributed by atoms with Gasteiger partial charge in [0.15, 0.2) is 5.82 Å². The lowest BCUT2D eigenvalue weighted by Gasteiger charge is -2.23. The van der Waals surface area contributed by atoms with Crippen LogP contribution in [0.25, 0.3) is 0 Å². The summed E-state index contributed by atoms with van der Waals surface area (Å²) in [4.78, 5) is 34.1. The van der Waals surface area contributed by atoms with Crippen molar-refractivity contribution in [2.24, 2.45) is 0 Å². The SMILES string of the molecule is C=CC(=O)N(C)CC(=O)NCCNc1cc(Nc2cc(C3CCC3)[nH]n2)nc(Nc2ccc(CC#N)cc2)n1. The number of carbonyl (C=O) groups is 2. The van der Waals surface area contributed by atoms with Gasteiger partial charge in [0.1, 0.15) is 11.6 Å². The van der Waals surface area contributed by atoms with Gasteiger partial charge in [0.05, 0.1) is 19.0 Å². The molecule has 1 aliphatic carbocycles. The van der Waals surface area contributed by atoms with E-state index in [0.717, 1.165) is 16.9 Å². The summed E-state index contributed by atoms with van der Waals surface area (Å²) in [5.74, 6) is 2.04. The summed E-state index contributed by atoms with van der Waals surface area (Å²) in [6.45, 7) is 4.09. The lowest BCUT2D eigenvalue weighted by Crippen LogP contribution is -2.39. The molecule has 0 bridgehead atoms. The number of hydrogen-bond acceptors (Lipinski definition) is 9. The van der Waals surface area contributed by atoms with Crippen LogP contribution >= 0.6 is 0 Å². The first-order chi connectivity index (χ1) is 18.9. The average Bonchev–Trinajstić information content (AvgIpc) is 3.33. The lowest BCUT2D eigenvalue weighted by atomic mass is 9.83. The highest BCUT2D eigenvalue weighted by Crippen LogP contribution is 2.36. The Labute approximate surface area is 226 Å². The van der Waals surface area contributed by atoms with E-state index in [1.807, 2.05) is 30.3 Å². The van der Waals surface area contributed by atoms with Crippen molar-refractivity contribution in [3.8, 4) is 6.07 Å². The van der Waals surface area contributed by atoms with E-state index in [0.29, 0.717) is 48.8 Å². The Hall–Kier alpha value is -4.92. The second-order valence-corrected chi connectivity index (χ2v) is 9.26. The fourth-order valence-corrected chi connectivity index (χ4v) is 3.94. The fourth-order valence-electron chi connectivity index (χ4n) is 3.94. The molecule has 2 heterocycles. The molecule has 12 nitrogen and oxygen atoms in total. The maximum absolute atomic E-state index is 12.1. The van der Waals surface area contributed by atoms with E-state index in [-0.39, 0.29) is 18.4 Å². The third-order valence-corrected chi connectivity index (χ3v) is 6.30. The van der Waals surface area contributed by atoms with Crippen LogP contribution < -0.4 is 21.3 Å². The quantitative estimate of drug-likeness (QED) is 0.165. The first kappa shape index (κ1) is 27.1. The van der Waals surface area contributed by atoms with Gasteiger partial charge in [0.25, 0.3) is 0 Å². The number of nitrogens with one attached hydrogen (secondary N) is 5. The van der Waals surface area contributed by atoms with Gasteiger partial charge >= 0.3 is 0 Å². The highest BCUT2D eigenvalue weighted by molar-refractivity contribution is 5.90. The number of likely N-dealkylation sites (N-methyl/N-ethyl adjacent to an activating group) is 1. The molecule has 2 aromatic heterocycles. The minimum absolute atomic E-state index is 0.0554. The molecular formula is C27H32N10O2. The molecule has 4 rings (SSSR count). The van der Waals surface area contributed by atoms with Crippen molar-refractivity contribution in [1.82, 2.24) is 30.4 Å². The number of nitrogens with zero attached hydrogens (tertiary/aromatic N) is 5. The molecule has 12 heteroatoms. The maximum Gasteiger partial charge on any atom is 0.246 e. The van der Waals surface area contributed by atoms with E-state index in [9.17, 15) is 9.59 Å². The van der Waals surface area contributed by atoms with Gasteiger partial charge in [-0.3, -0.25) is 14.7 Å². The topological polar surface area (TPSA) is 164 Å². The van der Waals surface area contributed by atoms with Gasteiger partial charge in [-0.15, -0.1) is 0 Å². The number of aromatic nitrogens is 4. The molecule has 1 aromatic carbocycles. The van der Waals surface area contributed by atoms with Crippen molar-refractivity contribution in [1.29, 1.82) is 5.26 Å². The number of aromatic amines is 1. The van der Waals surface area contributed by atoms with Crippen molar-refractivity contribution in [2.45, 2.75) is 31.6 Å². The van der Waals surface area contributed by atoms with Gasteiger partial charge in [0, 0.05) is 49.6 Å². The second-order valence-electron chi connectivity index (χ2n) is 9.26. The summed E-state index contributed by atoms with van der Waals surface area (Å²) in [5.41, 5.74) is 2.81. The zero-order valence-corrected chi connectivity index (χ0v) is 21.8. The zero-order valence-electron chi connectivity index (χ0n) is 21.8. The minimum atomic E-state index is -0.319. The van der Waals surface area contributed by atoms with Gasteiger partial charge in [-0.25, -0.2) is 0 Å². The molecule has 39 heavy (non-hydrogen) atoms. The van der Waals surface area contributed by atoms with E-state index in [1.165, 1.54) is 37.3 Å². The molecule has 1 saturated carbocycles. The molecule has 1 aliphatic rings. The van der Waals surface area contributed by atoms with Gasteiger partial charge in [-0.05, 0) is 36.6 Å². The number of anilines is 5. The monoisotopic (exact) mass is 528 g/mol. The van der Waals surface area contributed by atoms with Crippen molar-refractivity contribution < 1.29 is 9.59 Å². The Kier molecular flexibility index (Phi) is 9.07. The number of benzene rings is 1. The third kappa shape index (κ3) is 7.78. The standard InChI is InChI=1S/C27H32N10O2/c1-3-26(39)37(2)17-25(38)30-14-13-29-22-16-23(32-24-15-21(35-36-24)19-5-4-6-19)34-27(33-22)31-20-9-7-18(8-10-20)11-12-28/h3,7-10,15-16,19H,1,4-6,11,13-14,17H2,2H3,(H,30,38)(H4,29,31,32,33,34,35,36). The number of H-pyrrole nitrogens is 1. The van der Waals surface area contributed by atoms with Crippen LogP contribution in [0, 0.1) is 11.3 Å². The van der Waals surface area contributed by atoms with Crippen LogP contribution in [-0.4, -0.2) is 63.6 Å². The molecule has 0 spiro atoms. The highest BCUT2D eigenvalue weighted by atomic mass is 16.2. The number of nitriles is 1. The van der Waals surface area contributed by atoms with E-state index in [2.05, 4.69) is 54.1 Å². The van der Waals surface area contributed by atoms with Gasteiger partial charge in [0.2, 0.25) is 17.8 Å². The predicted octanol–water partition coefficient (Wildman–Crippen LogP) is 3.19. The Morgan fingerprint density at radius 3 is 2.59 bits per heavy atom. The van der Waals surface area contributed by atoms with E-state index >= 15 is 0 Å². The van der Waals surface area contributed by atoms with Crippen LogP contribution in [0.2, 0.25) is 0 Å².